The second-order valence-corrected chi connectivity index (χ2v) is 3.31. The van der Waals surface area contributed by atoms with E-state index in [9.17, 15) is 19.7 Å². The molecule has 0 atom stereocenters. The van der Waals surface area contributed by atoms with Crippen molar-refractivity contribution in [3.63, 3.8) is 0 Å². The Morgan fingerprint density at radius 1 is 1.53 bits per heavy atom. The van der Waals surface area contributed by atoms with Crippen LogP contribution in [-0.4, -0.2) is 23.8 Å². The number of nitrogens with zero attached hydrogens (tertiary/aromatic N) is 1. The van der Waals surface area contributed by atoms with E-state index >= 15 is 0 Å². The first kappa shape index (κ1) is 12.8. The molecule has 0 saturated carbocycles. The molecule has 0 bridgehead atoms. The van der Waals surface area contributed by atoms with Gasteiger partial charge < -0.3 is 4.74 Å². The molecule has 0 amide bonds. The van der Waals surface area contributed by atoms with Gasteiger partial charge in [-0.3, -0.25) is 14.9 Å². The third kappa shape index (κ3) is 2.66. The third-order valence-corrected chi connectivity index (χ3v) is 2.23. The lowest BCUT2D eigenvalue weighted by Crippen LogP contribution is -2.09. The van der Waals surface area contributed by atoms with Crippen molar-refractivity contribution < 1.29 is 19.2 Å². The van der Waals surface area contributed by atoms with Crippen LogP contribution >= 0.6 is 0 Å². The molecular formula is C11H11NO5. The summed E-state index contributed by atoms with van der Waals surface area (Å²) in [6.45, 7) is 3.24. The lowest BCUT2D eigenvalue weighted by Gasteiger charge is -2.06. The van der Waals surface area contributed by atoms with Gasteiger partial charge in [-0.1, -0.05) is 0 Å². The average Bonchev–Trinajstić information content (AvgIpc) is 2.29. The van der Waals surface area contributed by atoms with E-state index in [1.807, 2.05) is 0 Å². The predicted octanol–water partition coefficient (Wildman–Crippen LogP) is 1.89. The largest absolute Gasteiger partial charge is 0.462 e. The Morgan fingerprint density at radius 3 is 2.65 bits per heavy atom. The number of nitro groups is 1. The molecule has 0 N–H and O–H groups in total. The van der Waals surface area contributed by atoms with Crippen LogP contribution < -0.4 is 0 Å². The molecule has 0 spiro atoms. The smallest absolute Gasteiger partial charge is 0.338 e. The van der Waals surface area contributed by atoms with Gasteiger partial charge in [-0.05, 0) is 19.9 Å². The van der Waals surface area contributed by atoms with Gasteiger partial charge in [0, 0.05) is 17.2 Å². The highest BCUT2D eigenvalue weighted by Gasteiger charge is 2.20. The molecule has 6 nitrogen and oxygen atoms in total. The lowest BCUT2D eigenvalue weighted by atomic mass is 10.0. The van der Waals surface area contributed by atoms with Gasteiger partial charge in [0.15, 0.2) is 0 Å². The standard InChI is InChI=1S/C11H11NO5/c1-3-17-11(14)9-4-8(6-13)5-10(7(9)2)12(15)16/h4-6H,3H2,1-2H3. The lowest BCUT2D eigenvalue weighted by molar-refractivity contribution is -0.385. The maximum Gasteiger partial charge on any atom is 0.338 e. The summed E-state index contributed by atoms with van der Waals surface area (Å²) < 4.78 is 4.77. The minimum atomic E-state index is -0.670. The van der Waals surface area contributed by atoms with Crippen molar-refractivity contribution >= 4 is 17.9 Å². The summed E-state index contributed by atoms with van der Waals surface area (Å²) in [5.41, 5.74) is 0.0465. The molecule has 0 aliphatic carbocycles. The fourth-order valence-electron chi connectivity index (χ4n) is 1.40. The molecule has 0 aliphatic rings. The monoisotopic (exact) mass is 237 g/mol. The predicted molar refractivity (Wildman–Crippen MR) is 59.2 cm³/mol. The number of nitro benzene ring substituents is 1. The number of carbonyl (C=O) groups excluding carboxylic acids is 2. The Labute approximate surface area is 97.3 Å². The molecule has 0 aromatic heterocycles. The zero-order chi connectivity index (χ0) is 13.0. The maximum atomic E-state index is 11.5. The highest BCUT2D eigenvalue weighted by molar-refractivity contribution is 5.94. The van der Waals surface area contributed by atoms with Crippen molar-refractivity contribution in [2.24, 2.45) is 0 Å². The summed E-state index contributed by atoms with van der Waals surface area (Å²) in [5.74, 6) is -0.670. The molecule has 90 valence electrons. The quantitative estimate of drug-likeness (QED) is 0.345. The van der Waals surface area contributed by atoms with Crippen LogP contribution in [0, 0.1) is 17.0 Å². The number of benzene rings is 1. The third-order valence-electron chi connectivity index (χ3n) is 2.23. The van der Waals surface area contributed by atoms with Crippen molar-refractivity contribution in [3.05, 3.63) is 38.9 Å². The Balaban J connectivity index is 3.38. The second-order valence-electron chi connectivity index (χ2n) is 3.31. The first-order valence-electron chi connectivity index (χ1n) is 4.92. The number of esters is 1. The molecule has 0 saturated heterocycles. The second kappa shape index (κ2) is 5.20. The normalized spacial score (nSPS) is 9.76. The zero-order valence-corrected chi connectivity index (χ0v) is 9.43. The number of rotatable bonds is 4. The fourth-order valence-corrected chi connectivity index (χ4v) is 1.40. The molecule has 0 heterocycles. The Kier molecular flexibility index (Phi) is 3.92. The molecule has 1 rings (SSSR count). The number of ether oxygens (including phenoxy) is 1. The summed E-state index contributed by atoms with van der Waals surface area (Å²) in [5, 5.41) is 10.8. The molecule has 17 heavy (non-hydrogen) atoms. The molecule has 0 fully saturated rings. The van der Waals surface area contributed by atoms with Crippen LogP contribution in [0.5, 0.6) is 0 Å². The summed E-state index contributed by atoms with van der Waals surface area (Å²) >= 11 is 0. The van der Waals surface area contributed by atoms with Crippen LogP contribution in [0.3, 0.4) is 0 Å². The van der Waals surface area contributed by atoms with Crippen LogP contribution in [0.25, 0.3) is 0 Å². The Bertz CT molecular complexity index is 481. The molecule has 1 aromatic carbocycles. The Hall–Kier alpha value is -2.24. The molecule has 0 aliphatic heterocycles. The van der Waals surface area contributed by atoms with Crippen LogP contribution in [0.15, 0.2) is 12.1 Å². The van der Waals surface area contributed by atoms with E-state index in [4.69, 9.17) is 4.74 Å². The van der Waals surface area contributed by atoms with Crippen molar-refractivity contribution in [2.45, 2.75) is 13.8 Å². The molecular weight excluding hydrogens is 226 g/mol. The van der Waals surface area contributed by atoms with Gasteiger partial charge in [-0.25, -0.2) is 4.79 Å². The highest BCUT2D eigenvalue weighted by atomic mass is 16.6. The van der Waals surface area contributed by atoms with Crippen LogP contribution in [0.2, 0.25) is 0 Å². The van der Waals surface area contributed by atoms with E-state index in [0.29, 0.717) is 6.29 Å². The topological polar surface area (TPSA) is 86.5 Å². The van der Waals surface area contributed by atoms with Gasteiger partial charge in [0.2, 0.25) is 0 Å². The maximum absolute atomic E-state index is 11.5. The van der Waals surface area contributed by atoms with Crippen LogP contribution in [-0.2, 0) is 4.74 Å². The number of aldehydes is 1. The highest BCUT2D eigenvalue weighted by Crippen LogP contribution is 2.23. The van der Waals surface area contributed by atoms with E-state index in [1.54, 1.807) is 6.92 Å². The minimum absolute atomic E-state index is 0.0446. The van der Waals surface area contributed by atoms with Crippen LogP contribution in [0.4, 0.5) is 5.69 Å². The van der Waals surface area contributed by atoms with Crippen molar-refractivity contribution in [1.29, 1.82) is 0 Å². The molecule has 6 heteroatoms. The van der Waals surface area contributed by atoms with Crippen molar-refractivity contribution in [3.8, 4) is 0 Å². The van der Waals surface area contributed by atoms with Crippen molar-refractivity contribution in [2.75, 3.05) is 6.61 Å². The molecule has 0 radical (unpaired) electrons. The summed E-state index contributed by atoms with van der Waals surface area (Å²) in [6.07, 6.45) is 0.454. The molecule has 1 aromatic rings. The molecule has 0 unspecified atom stereocenters. The first-order chi connectivity index (χ1) is 8.01. The SMILES string of the molecule is CCOC(=O)c1cc(C=O)cc([N+](=O)[O-])c1C. The average molecular weight is 237 g/mol. The number of hydrogen-bond donors (Lipinski definition) is 0. The summed E-state index contributed by atoms with van der Waals surface area (Å²) in [4.78, 5) is 32.3. The van der Waals surface area contributed by atoms with Gasteiger partial charge in [-0.15, -0.1) is 0 Å². The van der Waals surface area contributed by atoms with E-state index in [0.717, 1.165) is 6.07 Å². The van der Waals surface area contributed by atoms with Gasteiger partial charge in [-0.2, -0.15) is 0 Å². The summed E-state index contributed by atoms with van der Waals surface area (Å²) in [7, 11) is 0. The fraction of sp³-hybridized carbons (Fsp3) is 0.273. The zero-order valence-electron chi connectivity index (χ0n) is 9.43. The first-order valence-corrected chi connectivity index (χ1v) is 4.92. The van der Waals surface area contributed by atoms with E-state index in [2.05, 4.69) is 0 Å². The number of carbonyl (C=O) groups is 2. The van der Waals surface area contributed by atoms with Gasteiger partial charge in [0.25, 0.3) is 5.69 Å². The van der Waals surface area contributed by atoms with Crippen LogP contribution in [0.1, 0.15) is 33.2 Å². The van der Waals surface area contributed by atoms with Crippen molar-refractivity contribution in [1.82, 2.24) is 0 Å². The Morgan fingerprint density at radius 2 is 2.18 bits per heavy atom. The van der Waals surface area contributed by atoms with E-state index < -0.39 is 10.9 Å². The number of hydrogen-bond acceptors (Lipinski definition) is 5. The van der Waals surface area contributed by atoms with E-state index in [-0.39, 0.29) is 29.0 Å². The van der Waals surface area contributed by atoms with Gasteiger partial charge >= 0.3 is 5.97 Å². The van der Waals surface area contributed by atoms with E-state index in [1.165, 1.54) is 13.0 Å². The minimum Gasteiger partial charge on any atom is -0.462 e. The summed E-state index contributed by atoms with van der Waals surface area (Å²) in [6, 6.07) is 2.42. The van der Waals surface area contributed by atoms with Gasteiger partial charge in [0.05, 0.1) is 17.1 Å². The van der Waals surface area contributed by atoms with Gasteiger partial charge in [0.1, 0.15) is 6.29 Å².